The number of carbonyl (C=O) groups is 2. The molecule has 0 saturated carbocycles. The average Bonchev–Trinajstić information content (AvgIpc) is 3.16. The Morgan fingerprint density at radius 3 is 2.68 bits per heavy atom. The molecule has 4 rings (SSSR count). The molecule has 2 aromatic carbocycles. The van der Waals surface area contributed by atoms with E-state index in [1.54, 1.807) is 0 Å². The molecule has 0 aliphatic carbocycles. The topological polar surface area (TPSA) is 71.1 Å². The highest BCUT2D eigenvalue weighted by Gasteiger charge is 2.16. The van der Waals surface area contributed by atoms with Crippen LogP contribution in [-0.2, 0) is 11.2 Å². The second-order valence-electron chi connectivity index (χ2n) is 7.19. The summed E-state index contributed by atoms with van der Waals surface area (Å²) in [6, 6.07) is 13.6. The molecule has 0 radical (unpaired) electrons. The quantitative estimate of drug-likeness (QED) is 0.652. The van der Waals surface area contributed by atoms with Gasteiger partial charge in [0.15, 0.2) is 5.13 Å². The number of aromatic nitrogens is 1. The van der Waals surface area contributed by atoms with Crippen molar-refractivity contribution in [1.82, 2.24) is 4.98 Å². The van der Waals surface area contributed by atoms with E-state index in [1.807, 2.05) is 41.8 Å². The second kappa shape index (κ2) is 7.56. The van der Waals surface area contributed by atoms with Crippen molar-refractivity contribution in [3.63, 3.8) is 0 Å². The maximum Gasteiger partial charge on any atom is 0.257 e. The van der Waals surface area contributed by atoms with E-state index in [-0.39, 0.29) is 11.8 Å². The minimum atomic E-state index is -0.163. The van der Waals surface area contributed by atoms with Crippen LogP contribution in [0.2, 0.25) is 0 Å². The molecule has 0 unspecified atom stereocenters. The van der Waals surface area contributed by atoms with Gasteiger partial charge < -0.3 is 5.32 Å². The van der Waals surface area contributed by atoms with Gasteiger partial charge >= 0.3 is 0 Å². The maximum atomic E-state index is 12.5. The lowest BCUT2D eigenvalue weighted by Gasteiger charge is -2.17. The van der Waals surface area contributed by atoms with Crippen molar-refractivity contribution in [3.8, 4) is 11.3 Å². The van der Waals surface area contributed by atoms with Crippen LogP contribution in [0.15, 0.2) is 47.8 Å². The van der Waals surface area contributed by atoms with Crippen molar-refractivity contribution in [2.24, 2.45) is 0 Å². The number of benzene rings is 2. The first kappa shape index (κ1) is 18.4. The van der Waals surface area contributed by atoms with Gasteiger partial charge in [-0.05, 0) is 47.7 Å². The summed E-state index contributed by atoms with van der Waals surface area (Å²) in [7, 11) is 0. The molecule has 0 bridgehead atoms. The molecular formula is C22H21N3O2S. The fourth-order valence-electron chi connectivity index (χ4n) is 3.20. The van der Waals surface area contributed by atoms with E-state index in [4.69, 9.17) is 0 Å². The van der Waals surface area contributed by atoms with Crippen LogP contribution in [-0.4, -0.2) is 16.8 Å². The maximum absolute atomic E-state index is 12.5. The fraction of sp³-hybridized carbons (Fsp3) is 0.227. The number of hydrogen-bond donors (Lipinski definition) is 2. The monoisotopic (exact) mass is 391 g/mol. The average molecular weight is 391 g/mol. The van der Waals surface area contributed by atoms with Gasteiger partial charge in [-0.2, -0.15) is 0 Å². The SMILES string of the molecule is CC(C)c1ccc(C(=O)Nc2nc(-c3ccc4c(c3)CCC(=O)N4)cs2)cc1. The number of carbonyl (C=O) groups excluding carboxylic acids is 2. The van der Waals surface area contributed by atoms with Gasteiger partial charge in [-0.25, -0.2) is 4.98 Å². The number of aryl methyl sites for hydroxylation is 1. The smallest absolute Gasteiger partial charge is 0.257 e. The lowest BCUT2D eigenvalue weighted by atomic mass is 9.99. The zero-order valence-corrected chi connectivity index (χ0v) is 16.6. The lowest BCUT2D eigenvalue weighted by molar-refractivity contribution is -0.116. The van der Waals surface area contributed by atoms with Gasteiger partial charge in [0.2, 0.25) is 5.91 Å². The number of nitrogens with zero attached hydrogens (tertiary/aromatic N) is 1. The summed E-state index contributed by atoms with van der Waals surface area (Å²) < 4.78 is 0. The van der Waals surface area contributed by atoms with Gasteiger partial charge in [-0.3, -0.25) is 14.9 Å². The minimum Gasteiger partial charge on any atom is -0.326 e. The Morgan fingerprint density at radius 2 is 1.93 bits per heavy atom. The van der Waals surface area contributed by atoms with Gasteiger partial charge in [0, 0.05) is 28.6 Å². The summed E-state index contributed by atoms with van der Waals surface area (Å²) >= 11 is 1.40. The van der Waals surface area contributed by atoms with Crippen molar-refractivity contribution in [1.29, 1.82) is 0 Å². The highest BCUT2D eigenvalue weighted by Crippen LogP contribution is 2.30. The molecule has 0 saturated heterocycles. The zero-order chi connectivity index (χ0) is 19.7. The predicted molar refractivity (Wildman–Crippen MR) is 113 cm³/mol. The first-order chi connectivity index (χ1) is 13.5. The fourth-order valence-corrected chi connectivity index (χ4v) is 3.91. The molecule has 2 amide bonds. The van der Waals surface area contributed by atoms with Gasteiger partial charge in [0.05, 0.1) is 5.69 Å². The molecule has 1 aliphatic rings. The molecule has 0 fully saturated rings. The molecule has 3 aromatic rings. The van der Waals surface area contributed by atoms with E-state index in [2.05, 4.69) is 35.5 Å². The summed E-state index contributed by atoms with van der Waals surface area (Å²) in [6.07, 6.45) is 1.24. The molecule has 0 atom stereocenters. The van der Waals surface area contributed by atoms with E-state index < -0.39 is 0 Å². The van der Waals surface area contributed by atoms with Crippen LogP contribution in [0.25, 0.3) is 11.3 Å². The number of thiazole rings is 1. The van der Waals surface area contributed by atoms with Crippen molar-refractivity contribution >= 4 is 34.0 Å². The third-order valence-electron chi connectivity index (χ3n) is 4.86. The Bertz CT molecular complexity index is 1040. The number of fused-ring (bicyclic) bond motifs is 1. The highest BCUT2D eigenvalue weighted by molar-refractivity contribution is 7.14. The molecular weight excluding hydrogens is 370 g/mol. The Hall–Kier alpha value is -2.99. The van der Waals surface area contributed by atoms with Crippen LogP contribution in [0.5, 0.6) is 0 Å². The van der Waals surface area contributed by atoms with Gasteiger partial charge in [0.1, 0.15) is 0 Å². The van der Waals surface area contributed by atoms with Crippen molar-refractivity contribution < 1.29 is 9.59 Å². The van der Waals surface area contributed by atoms with Crippen LogP contribution < -0.4 is 10.6 Å². The Balaban J connectivity index is 1.48. The van der Waals surface area contributed by atoms with Crippen LogP contribution in [0, 0.1) is 0 Å². The number of anilines is 2. The third kappa shape index (κ3) is 3.82. The number of rotatable bonds is 4. The summed E-state index contributed by atoms with van der Waals surface area (Å²) in [5, 5.41) is 8.26. The molecule has 6 heteroatoms. The number of hydrogen-bond acceptors (Lipinski definition) is 4. The van der Waals surface area contributed by atoms with Gasteiger partial charge in [0.25, 0.3) is 5.91 Å². The molecule has 1 aromatic heterocycles. The van der Waals surface area contributed by atoms with E-state index in [1.165, 1.54) is 16.9 Å². The van der Waals surface area contributed by atoms with Crippen molar-refractivity contribution in [3.05, 3.63) is 64.5 Å². The van der Waals surface area contributed by atoms with Crippen molar-refractivity contribution in [2.45, 2.75) is 32.6 Å². The second-order valence-corrected chi connectivity index (χ2v) is 8.05. The predicted octanol–water partition coefficient (Wildman–Crippen LogP) is 5.07. The summed E-state index contributed by atoms with van der Waals surface area (Å²) in [5.74, 6) is 0.327. The van der Waals surface area contributed by atoms with E-state index >= 15 is 0 Å². The molecule has 1 aliphatic heterocycles. The van der Waals surface area contributed by atoms with E-state index in [9.17, 15) is 9.59 Å². The Morgan fingerprint density at radius 1 is 1.14 bits per heavy atom. The number of amides is 2. The molecule has 142 valence electrons. The molecule has 0 spiro atoms. The standard InChI is InChI=1S/C22H21N3O2S/c1-13(2)14-3-5-15(6-4-14)21(27)25-22-24-19(12-28-22)17-7-9-18-16(11-17)8-10-20(26)23-18/h3-7,9,11-13H,8,10H2,1-2H3,(H,23,26)(H,24,25,27). The van der Waals surface area contributed by atoms with Crippen molar-refractivity contribution in [2.75, 3.05) is 10.6 Å². The van der Waals surface area contributed by atoms with Crippen LogP contribution in [0.4, 0.5) is 10.8 Å². The molecule has 2 N–H and O–H groups in total. The first-order valence-corrected chi connectivity index (χ1v) is 10.2. The Labute approximate surface area is 167 Å². The highest BCUT2D eigenvalue weighted by atomic mass is 32.1. The zero-order valence-electron chi connectivity index (χ0n) is 15.8. The van der Waals surface area contributed by atoms with E-state index in [0.717, 1.165) is 28.9 Å². The lowest BCUT2D eigenvalue weighted by Crippen LogP contribution is -2.18. The summed E-state index contributed by atoms with van der Waals surface area (Å²) in [5.41, 5.74) is 5.60. The first-order valence-electron chi connectivity index (χ1n) is 9.29. The third-order valence-corrected chi connectivity index (χ3v) is 5.62. The summed E-state index contributed by atoms with van der Waals surface area (Å²) in [4.78, 5) is 28.5. The van der Waals surface area contributed by atoms with Gasteiger partial charge in [-0.15, -0.1) is 11.3 Å². The Kier molecular flexibility index (Phi) is 4.96. The minimum absolute atomic E-state index is 0.0559. The van der Waals surface area contributed by atoms with E-state index in [0.29, 0.717) is 23.0 Å². The molecule has 5 nitrogen and oxygen atoms in total. The number of nitrogens with one attached hydrogen (secondary N) is 2. The largest absolute Gasteiger partial charge is 0.326 e. The molecule has 28 heavy (non-hydrogen) atoms. The normalized spacial score (nSPS) is 13.2. The molecule has 2 heterocycles. The van der Waals surface area contributed by atoms with Crippen LogP contribution >= 0.6 is 11.3 Å². The van der Waals surface area contributed by atoms with Crippen LogP contribution in [0.3, 0.4) is 0 Å². The van der Waals surface area contributed by atoms with Gasteiger partial charge in [-0.1, -0.05) is 32.0 Å². The summed E-state index contributed by atoms with van der Waals surface area (Å²) in [6.45, 7) is 4.25. The van der Waals surface area contributed by atoms with Crippen LogP contribution in [0.1, 0.15) is 47.7 Å².